The fraction of sp³-hybridized carbons (Fsp3) is 0.675. The third kappa shape index (κ3) is 6.94. The third-order valence-corrected chi connectivity index (χ3v) is 10.9. The Balaban J connectivity index is 1.89. The molecule has 0 aliphatic carbocycles. The molecule has 9 heteroatoms. The minimum Gasteiger partial charge on any atom is -0.494 e. The first-order valence-corrected chi connectivity index (χ1v) is 18.0. The van der Waals surface area contributed by atoms with Gasteiger partial charge in [-0.3, -0.25) is 14.4 Å². The lowest BCUT2D eigenvalue weighted by molar-refractivity contribution is -0.159. The first-order valence-electron chi connectivity index (χ1n) is 18.0. The monoisotopic (exact) mass is 679 g/mol. The van der Waals surface area contributed by atoms with Crippen LogP contribution in [0.5, 0.6) is 5.75 Å². The third-order valence-electron chi connectivity index (χ3n) is 10.9. The quantitative estimate of drug-likeness (QED) is 0.220. The van der Waals surface area contributed by atoms with Crippen molar-refractivity contribution in [3.05, 3.63) is 49.6 Å². The summed E-state index contributed by atoms with van der Waals surface area (Å²) >= 11 is 0. The molecule has 3 saturated heterocycles. The van der Waals surface area contributed by atoms with Crippen LogP contribution in [0.1, 0.15) is 88.5 Å². The second-order valence-electron chi connectivity index (χ2n) is 16.9. The average Bonchev–Trinajstić information content (AvgIpc) is 3.52. The van der Waals surface area contributed by atoms with E-state index in [1.54, 1.807) is 22.0 Å². The van der Waals surface area contributed by atoms with Gasteiger partial charge >= 0.3 is 0 Å². The van der Waals surface area contributed by atoms with Crippen LogP contribution in [0.25, 0.3) is 0 Å². The smallest absolute Gasteiger partial charge is 0.249 e. The van der Waals surface area contributed by atoms with Gasteiger partial charge in [0, 0.05) is 24.3 Å². The Morgan fingerprint density at radius 1 is 1.10 bits per heavy atom. The number of hydrogen-bond acceptors (Lipinski definition) is 6. The minimum atomic E-state index is -1.25. The van der Waals surface area contributed by atoms with Crippen molar-refractivity contribution in [1.29, 1.82) is 0 Å². The number of amides is 3. The largest absolute Gasteiger partial charge is 0.494 e. The van der Waals surface area contributed by atoms with Crippen molar-refractivity contribution >= 4 is 23.4 Å². The predicted octanol–water partition coefficient (Wildman–Crippen LogP) is 6.25. The van der Waals surface area contributed by atoms with Gasteiger partial charge in [0.15, 0.2) is 0 Å². The molecule has 9 nitrogen and oxygen atoms in total. The Kier molecular flexibility index (Phi) is 11.2. The Labute approximate surface area is 294 Å². The lowest BCUT2D eigenvalue weighted by Gasteiger charge is -2.46. The molecular weight excluding hydrogens is 618 g/mol. The Bertz CT molecular complexity index is 1400. The van der Waals surface area contributed by atoms with Gasteiger partial charge in [-0.1, -0.05) is 53.7 Å². The van der Waals surface area contributed by atoms with E-state index in [1.807, 2.05) is 56.9 Å². The summed E-state index contributed by atoms with van der Waals surface area (Å²) in [6.07, 6.45) is 5.06. The minimum absolute atomic E-state index is 0.0855. The summed E-state index contributed by atoms with van der Waals surface area (Å²) in [5.74, 6) is -1.81. The second-order valence-corrected chi connectivity index (χ2v) is 16.9. The fourth-order valence-electron chi connectivity index (χ4n) is 9.36. The van der Waals surface area contributed by atoms with Crippen molar-refractivity contribution in [2.75, 3.05) is 31.2 Å². The molecule has 49 heavy (non-hydrogen) atoms. The molecule has 2 bridgehead atoms. The van der Waals surface area contributed by atoms with Crippen molar-refractivity contribution in [3.8, 4) is 5.75 Å². The van der Waals surface area contributed by atoms with Crippen molar-refractivity contribution in [1.82, 2.24) is 9.80 Å². The van der Waals surface area contributed by atoms with E-state index in [0.717, 1.165) is 0 Å². The zero-order valence-corrected chi connectivity index (χ0v) is 31.6. The van der Waals surface area contributed by atoms with E-state index >= 15 is 9.59 Å². The molecule has 272 valence electrons. The van der Waals surface area contributed by atoms with Gasteiger partial charge in [0.25, 0.3) is 0 Å². The van der Waals surface area contributed by atoms with Crippen LogP contribution in [-0.2, 0) is 19.1 Å². The molecule has 1 aromatic carbocycles. The molecule has 3 amide bonds. The lowest BCUT2D eigenvalue weighted by atomic mass is 9.62. The van der Waals surface area contributed by atoms with E-state index in [4.69, 9.17) is 9.47 Å². The molecule has 0 aromatic heterocycles. The molecule has 0 saturated carbocycles. The van der Waals surface area contributed by atoms with Crippen molar-refractivity contribution in [2.45, 2.75) is 117 Å². The fourth-order valence-corrected chi connectivity index (χ4v) is 9.36. The van der Waals surface area contributed by atoms with Crippen LogP contribution in [0.2, 0.25) is 0 Å². The van der Waals surface area contributed by atoms with Crippen LogP contribution in [0.15, 0.2) is 49.6 Å². The molecule has 3 unspecified atom stereocenters. The summed E-state index contributed by atoms with van der Waals surface area (Å²) in [5.41, 5.74) is -2.26. The predicted molar refractivity (Wildman–Crippen MR) is 194 cm³/mol. The SMILES string of the molecule is C=CCN(C(=O)[C@H]1[C@H]2C(=O)N([C@@H](CO)CC(C)C)C(C(=O)N(CC=C)C(C)(C)CC(C)(C)C)C23CC(C)[C@]1(C)O3)c1ccc(OCC)cc1. The number of likely N-dealkylation sites (tertiary alicyclic amines) is 1. The maximum Gasteiger partial charge on any atom is 0.249 e. The highest BCUT2D eigenvalue weighted by Gasteiger charge is 2.80. The number of anilines is 1. The molecule has 3 fully saturated rings. The molecule has 0 radical (unpaired) electrons. The number of aliphatic hydroxyl groups is 1. The van der Waals surface area contributed by atoms with Crippen molar-refractivity contribution in [2.24, 2.45) is 29.1 Å². The van der Waals surface area contributed by atoms with Gasteiger partial charge in [-0.2, -0.15) is 0 Å². The van der Waals surface area contributed by atoms with Crippen LogP contribution in [0.4, 0.5) is 5.69 Å². The van der Waals surface area contributed by atoms with Gasteiger partial charge in [0.05, 0.1) is 36.7 Å². The Morgan fingerprint density at radius 2 is 1.71 bits per heavy atom. The van der Waals surface area contributed by atoms with Crippen LogP contribution in [-0.4, -0.2) is 87.8 Å². The summed E-state index contributed by atoms with van der Waals surface area (Å²) in [5, 5.41) is 10.8. The Hall–Kier alpha value is -3.17. The number of carbonyl (C=O) groups is 3. The molecule has 3 heterocycles. The van der Waals surface area contributed by atoms with Gasteiger partial charge in [0.1, 0.15) is 17.4 Å². The zero-order chi connectivity index (χ0) is 36.7. The number of benzene rings is 1. The summed E-state index contributed by atoms with van der Waals surface area (Å²) in [6, 6.07) is 5.70. The number of fused-ring (bicyclic) bond motifs is 1. The zero-order valence-electron chi connectivity index (χ0n) is 31.6. The molecule has 7 atom stereocenters. The maximum atomic E-state index is 15.3. The maximum absolute atomic E-state index is 15.3. The highest BCUT2D eigenvalue weighted by Crippen LogP contribution is 2.66. The van der Waals surface area contributed by atoms with E-state index in [2.05, 4.69) is 54.7 Å². The molecular formula is C40H61N3O6. The normalized spacial score (nSPS) is 28.4. The van der Waals surface area contributed by atoms with Crippen LogP contribution < -0.4 is 9.64 Å². The molecule has 1 spiro atoms. The van der Waals surface area contributed by atoms with Gasteiger partial charge in [-0.25, -0.2) is 0 Å². The molecule has 1 aromatic rings. The summed E-state index contributed by atoms with van der Waals surface area (Å²) in [7, 11) is 0. The van der Waals surface area contributed by atoms with E-state index in [-0.39, 0.29) is 54.7 Å². The Morgan fingerprint density at radius 3 is 2.22 bits per heavy atom. The van der Waals surface area contributed by atoms with E-state index < -0.39 is 40.7 Å². The second kappa shape index (κ2) is 14.2. The average molecular weight is 680 g/mol. The van der Waals surface area contributed by atoms with Gasteiger partial charge in [0.2, 0.25) is 17.7 Å². The number of aliphatic hydroxyl groups excluding tert-OH is 1. The highest BCUT2D eigenvalue weighted by atomic mass is 16.5. The first kappa shape index (κ1) is 38.6. The number of rotatable bonds is 15. The van der Waals surface area contributed by atoms with Crippen LogP contribution in [0.3, 0.4) is 0 Å². The van der Waals surface area contributed by atoms with Gasteiger partial charge < -0.3 is 29.3 Å². The standard InChI is InChI=1S/C40H61N3O6/c1-13-20-41(28-16-18-30(19-17-28)48-15-3)34(45)31-32-35(46)43(29(24-44)22-26(4)5)33(40(32)23-27(6)39(31,12)49-40)36(47)42(21-14-2)38(10,11)25-37(7,8)9/h13-14,16-19,26-27,29,31-33,44H,1-2,15,20-25H2,3-12H3/t27?,29-,31-,32+,33?,39+,40?/m1/s1. The van der Waals surface area contributed by atoms with E-state index in [1.165, 1.54) is 0 Å². The van der Waals surface area contributed by atoms with Crippen molar-refractivity contribution in [3.63, 3.8) is 0 Å². The van der Waals surface area contributed by atoms with Gasteiger partial charge in [-0.15, -0.1) is 13.2 Å². The topological polar surface area (TPSA) is 99.6 Å². The van der Waals surface area contributed by atoms with E-state index in [0.29, 0.717) is 37.3 Å². The van der Waals surface area contributed by atoms with Crippen LogP contribution >= 0.6 is 0 Å². The van der Waals surface area contributed by atoms with Gasteiger partial charge in [-0.05, 0) is 88.5 Å². The molecule has 3 aliphatic rings. The lowest BCUT2D eigenvalue weighted by Crippen LogP contribution is -2.62. The number of ether oxygens (including phenoxy) is 2. The summed E-state index contributed by atoms with van der Waals surface area (Å²) < 4.78 is 12.7. The molecule has 4 rings (SSSR count). The summed E-state index contributed by atoms with van der Waals surface area (Å²) in [6.45, 7) is 29.2. The first-order chi connectivity index (χ1) is 22.8. The van der Waals surface area contributed by atoms with E-state index in [9.17, 15) is 9.90 Å². The highest BCUT2D eigenvalue weighted by molar-refractivity contribution is 6.03. The summed E-state index contributed by atoms with van der Waals surface area (Å²) in [4.78, 5) is 50.4. The van der Waals surface area contributed by atoms with Crippen molar-refractivity contribution < 1.29 is 29.0 Å². The number of carbonyl (C=O) groups excluding carboxylic acids is 3. The molecule has 3 aliphatic heterocycles. The number of nitrogens with zero attached hydrogens (tertiary/aromatic N) is 3. The molecule has 1 N–H and O–H groups in total. The number of hydrogen-bond donors (Lipinski definition) is 1. The van der Waals surface area contributed by atoms with Crippen LogP contribution in [0, 0.1) is 29.1 Å².